The largest absolute Gasteiger partial charge is 1.00 e. The minimum Gasteiger partial charge on any atom is -1.00 e. The van der Waals surface area contributed by atoms with Gasteiger partial charge in [-0.05, 0) is 0 Å². The number of allylic oxidation sites excluding steroid dienone is 2. The van der Waals surface area contributed by atoms with Crippen molar-refractivity contribution in [2.45, 2.75) is 46.3 Å². The normalized spacial score (nSPS) is 14.2. The Morgan fingerprint density at radius 1 is 0.967 bits per heavy atom. The van der Waals surface area contributed by atoms with Crippen LogP contribution in [0.3, 0.4) is 0 Å². The Morgan fingerprint density at radius 3 is 2.23 bits per heavy atom. The molecule has 0 heterocycles. The Labute approximate surface area is 200 Å². The number of halogens is 2. The molecule has 0 saturated carbocycles. The molecule has 0 aliphatic heterocycles. The first-order valence-corrected chi connectivity index (χ1v) is 17.4. The van der Waals surface area contributed by atoms with Crippen LogP contribution in [0.5, 0.6) is 0 Å². The van der Waals surface area contributed by atoms with Crippen LogP contribution >= 0.6 is 0 Å². The number of hydrogen-bond acceptors (Lipinski definition) is 1. The Hall–Kier alpha value is -0.869. The monoisotopic (exact) mass is 490 g/mol. The van der Waals surface area contributed by atoms with E-state index >= 15 is 0 Å². The van der Waals surface area contributed by atoms with Gasteiger partial charge in [0.1, 0.15) is 0 Å². The van der Waals surface area contributed by atoms with Crippen molar-refractivity contribution in [3.8, 4) is 0 Å². The fourth-order valence-electron chi connectivity index (χ4n) is 4.34. The molecule has 2 aliphatic rings. The quantitative estimate of drug-likeness (QED) is 0.506. The minimum atomic E-state index is -1.60. The average Bonchev–Trinajstić information content (AvgIpc) is 3.18. The third kappa shape index (κ3) is 4.80. The van der Waals surface area contributed by atoms with Gasteiger partial charge in [-0.3, -0.25) is 0 Å². The Morgan fingerprint density at radius 2 is 1.63 bits per heavy atom. The SMILES string of the molecule is CC1=[C]([Ti+2]([NH]C(C)(C)C)[SiH](C)C)c2cc3c(cc2=C1c1ccccc1)C=CC=3.[Cl-].[Cl-]. The van der Waals surface area contributed by atoms with E-state index in [1.54, 1.807) is 3.88 Å². The molecule has 1 nitrogen and oxygen atoms in total. The van der Waals surface area contributed by atoms with Gasteiger partial charge in [0.25, 0.3) is 0 Å². The van der Waals surface area contributed by atoms with Crippen LogP contribution in [0.15, 0.2) is 54.1 Å². The molecule has 0 bridgehead atoms. The van der Waals surface area contributed by atoms with Gasteiger partial charge in [0, 0.05) is 0 Å². The summed E-state index contributed by atoms with van der Waals surface area (Å²) in [4.78, 5) is 0. The van der Waals surface area contributed by atoms with E-state index in [-0.39, 0.29) is 30.4 Å². The van der Waals surface area contributed by atoms with Crippen molar-refractivity contribution in [1.82, 2.24) is 3.80 Å². The smallest absolute Gasteiger partial charge is 1.00 e. The summed E-state index contributed by atoms with van der Waals surface area (Å²) >= 11 is -1.60. The number of fused-ring (bicyclic) bond motifs is 2. The molecule has 0 radical (unpaired) electrons. The van der Waals surface area contributed by atoms with Crippen LogP contribution in [0, 0.1) is 0 Å². The van der Waals surface area contributed by atoms with Gasteiger partial charge in [0.2, 0.25) is 0 Å². The van der Waals surface area contributed by atoms with Gasteiger partial charge in [0.15, 0.2) is 0 Å². The second-order valence-electron chi connectivity index (χ2n) is 9.24. The average molecular weight is 491 g/mol. The Kier molecular flexibility index (Phi) is 8.24. The van der Waals surface area contributed by atoms with Crippen LogP contribution in [0.1, 0.15) is 44.4 Å². The van der Waals surface area contributed by atoms with Gasteiger partial charge in [-0.25, -0.2) is 0 Å². The van der Waals surface area contributed by atoms with Crippen molar-refractivity contribution >= 4 is 28.3 Å². The first-order valence-electron chi connectivity index (χ1n) is 10.3. The maximum absolute atomic E-state index is 4.14. The second kappa shape index (κ2) is 9.73. The molecule has 2 aromatic rings. The maximum Gasteiger partial charge on any atom is -1.00 e. The first kappa shape index (κ1) is 25.4. The fourth-order valence-corrected chi connectivity index (χ4v) is 15.6. The molecule has 0 aromatic heterocycles. The van der Waals surface area contributed by atoms with Crippen molar-refractivity contribution in [2.75, 3.05) is 0 Å². The molecule has 157 valence electrons. The molecule has 0 atom stereocenters. The van der Waals surface area contributed by atoms with Gasteiger partial charge in [-0.15, -0.1) is 0 Å². The van der Waals surface area contributed by atoms with Crippen LogP contribution in [0.4, 0.5) is 0 Å². The van der Waals surface area contributed by atoms with Gasteiger partial charge in [-0.2, -0.15) is 0 Å². The van der Waals surface area contributed by atoms with Crippen LogP contribution in [0.2, 0.25) is 13.1 Å². The Bertz CT molecular complexity index is 1110. The van der Waals surface area contributed by atoms with Crippen molar-refractivity contribution in [3.05, 3.63) is 81.2 Å². The predicted molar refractivity (Wildman–Crippen MR) is 123 cm³/mol. The summed E-state index contributed by atoms with van der Waals surface area (Å²) in [6, 6.07) is 15.9. The molecule has 1 N–H and O–H groups in total. The van der Waals surface area contributed by atoms with E-state index in [9.17, 15) is 0 Å². The molecule has 2 aliphatic carbocycles. The summed E-state index contributed by atoms with van der Waals surface area (Å²) < 4.78 is 5.83. The van der Waals surface area contributed by atoms with E-state index in [0.717, 1.165) is 0 Å². The molecule has 0 fully saturated rings. The summed E-state index contributed by atoms with van der Waals surface area (Å²) in [5, 5.41) is 2.81. The topological polar surface area (TPSA) is 12.0 Å². The van der Waals surface area contributed by atoms with Gasteiger partial charge < -0.3 is 24.8 Å². The molecule has 0 saturated heterocycles. The van der Waals surface area contributed by atoms with Crippen molar-refractivity contribution in [2.24, 2.45) is 0 Å². The molecule has 0 amide bonds. The molecule has 2 aromatic carbocycles. The summed E-state index contributed by atoms with van der Waals surface area (Å²) in [5.74, 6) is 0. The first-order chi connectivity index (χ1) is 13.3. The number of benzene rings is 2. The number of nitrogens with one attached hydrogen (secondary N) is 1. The summed E-state index contributed by atoms with van der Waals surface area (Å²) in [7, 11) is 0. The van der Waals surface area contributed by atoms with Crippen LogP contribution in [-0.4, -0.2) is 12.2 Å². The molecular weight excluding hydrogens is 461 g/mol. The zero-order valence-electron chi connectivity index (χ0n) is 18.6. The van der Waals surface area contributed by atoms with E-state index in [0.29, 0.717) is 0 Å². The van der Waals surface area contributed by atoms with E-state index in [1.165, 1.54) is 38.3 Å². The van der Waals surface area contributed by atoms with Gasteiger partial charge in [0.05, 0.1) is 0 Å². The summed E-state index contributed by atoms with van der Waals surface area (Å²) in [6.07, 6.45) is 6.68. The van der Waals surface area contributed by atoms with E-state index in [4.69, 9.17) is 0 Å². The standard InChI is InChI=1S/C19H13.C4H10N.C2H7Si.2ClH.Ti/c1-13-10-17-11-15-8-5-9-16(15)12-18(17)19(13)14-6-3-2-4-7-14;1-4(2,3)5;1-3-2;;;/h2-9,11-12H,1H3;5H,1-3H3;3H,1-2H3;2*1H;/q;-1;;;;+3/p-2. The third-order valence-electron chi connectivity index (χ3n) is 5.48. The molecule has 5 heteroatoms. The number of rotatable bonds is 4. The van der Waals surface area contributed by atoms with Crippen LogP contribution < -0.4 is 39.1 Å². The zero-order valence-corrected chi connectivity index (χ0v) is 22.8. The number of hydrogen-bond donors (Lipinski definition) is 1. The van der Waals surface area contributed by atoms with Crippen LogP contribution in [-0.2, 0) is 17.4 Å². The Balaban J connectivity index is 0.00000160. The zero-order chi connectivity index (χ0) is 20.1. The summed E-state index contributed by atoms with van der Waals surface area (Å²) in [5.41, 5.74) is 7.34. The van der Waals surface area contributed by atoms with E-state index in [1.807, 2.05) is 0 Å². The fraction of sp³-hybridized carbons (Fsp3) is 0.280. The maximum atomic E-state index is 4.14. The minimum absolute atomic E-state index is 0. The van der Waals surface area contributed by atoms with Crippen LogP contribution in [0.25, 0.3) is 21.6 Å². The van der Waals surface area contributed by atoms with Gasteiger partial charge >= 0.3 is 177 Å². The molecule has 4 rings (SSSR count). The predicted octanol–water partition coefficient (Wildman–Crippen LogP) is -1.65. The van der Waals surface area contributed by atoms with Crippen molar-refractivity contribution in [1.29, 1.82) is 0 Å². The molecule has 0 unspecified atom stereocenters. The van der Waals surface area contributed by atoms with Crippen molar-refractivity contribution < 1.29 is 42.2 Å². The van der Waals surface area contributed by atoms with Crippen molar-refractivity contribution in [3.63, 3.8) is 0 Å². The van der Waals surface area contributed by atoms with E-state index in [2.05, 4.69) is 105 Å². The second-order valence-corrected chi connectivity index (χ2v) is 21.8. The molecular formula is C25H30Cl2NSiTi. The van der Waals surface area contributed by atoms with E-state index < -0.39 is 24.0 Å². The third-order valence-corrected chi connectivity index (χ3v) is 17.3. The summed E-state index contributed by atoms with van der Waals surface area (Å²) in [6.45, 7) is 13.6. The molecule has 30 heavy (non-hydrogen) atoms. The van der Waals surface area contributed by atoms with Gasteiger partial charge in [-0.1, -0.05) is 0 Å². The molecule has 0 spiro atoms.